The molecule has 1 fully saturated rings. The van der Waals surface area contributed by atoms with Gasteiger partial charge in [0.15, 0.2) is 0 Å². The maximum absolute atomic E-state index is 12.5. The van der Waals surface area contributed by atoms with Crippen molar-refractivity contribution in [2.24, 2.45) is 0 Å². The van der Waals surface area contributed by atoms with Crippen molar-refractivity contribution in [3.05, 3.63) is 28.0 Å². The minimum absolute atomic E-state index is 0.0462. The van der Waals surface area contributed by atoms with Crippen LogP contribution in [0.25, 0.3) is 0 Å². The summed E-state index contributed by atoms with van der Waals surface area (Å²) in [5.74, 6) is -0.0462. The average Bonchev–Trinajstić information content (AvgIpc) is 2.46. The van der Waals surface area contributed by atoms with Gasteiger partial charge < -0.3 is 9.80 Å². The Bertz CT molecular complexity index is 481. The molecule has 1 aromatic heterocycles. The van der Waals surface area contributed by atoms with Crippen molar-refractivity contribution < 1.29 is 4.79 Å². The highest BCUT2D eigenvalue weighted by Gasteiger charge is 2.26. The van der Waals surface area contributed by atoms with Gasteiger partial charge in [0, 0.05) is 31.7 Å². The second-order valence-electron chi connectivity index (χ2n) is 5.49. The van der Waals surface area contributed by atoms with Crippen molar-refractivity contribution in [1.82, 2.24) is 14.8 Å². The molecule has 0 radical (unpaired) electrons. The molecule has 0 aromatic carbocycles. The molecule has 1 aliphatic heterocycles. The largest absolute Gasteiger partial charge is 0.339 e. The lowest BCUT2D eigenvalue weighted by Gasteiger charge is -2.36. The number of carbonyl (C=O) groups is 1. The summed E-state index contributed by atoms with van der Waals surface area (Å²) in [6.45, 7) is 5.43. The Labute approximate surface area is 136 Å². The molecule has 1 aromatic rings. The molecule has 2 heterocycles. The first kappa shape index (κ1) is 16.5. The lowest BCUT2D eigenvalue weighted by Crippen LogP contribution is -2.45. The summed E-state index contributed by atoms with van der Waals surface area (Å²) < 4.78 is 0. The Balaban J connectivity index is 2.00. The SMILES string of the molecule is CCCN1CCC(N(C)C(=O)c2cc(Cl)nc(Cl)c2)CC1. The van der Waals surface area contributed by atoms with E-state index in [0.717, 1.165) is 32.5 Å². The molecule has 1 aliphatic rings. The topological polar surface area (TPSA) is 36.4 Å². The summed E-state index contributed by atoms with van der Waals surface area (Å²) in [6, 6.07) is 3.41. The van der Waals surface area contributed by atoms with Gasteiger partial charge in [-0.2, -0.15) is 0 Å². The molecule has 0 atom stereocenters. The van der Waals surface area contributed by atoms with Crippen LogP contribution in [0.3, 0.4) is 0 Å². The van der Waals surface area contributed by atoms with E-state index in [1.165, 1.54) is 6.42 Å². The minimum Gasteiger partial charge on any atom is -0.339 e. The predicted molar refractivity (Wildman–Crippen MR) is 86.1 cm³/mol. The van der Waals surface area contributed by atoms with E-state index in [1.54, 1.807) is 12.1 Å². The summed E-state index contributed by atoms with van der Waals surface area (Å²) in [6.07, 6.45) is 3.19. The van der Waals surface area contributed by atoms with Crippen molar-refractivity contribution >= 4 is 29.1 Å². The maximum Gasteiger partial charge on any atom is 0.254 e. The number of piperidine rings is 1. The van der Waals surface area contributed by atoms with Crippen molar-refractivity contribution in [3.63, 3.8) is 0 Å². The van der Waals surface area contributed by atoms with Crippen molar-refractivity contribution in [1.29, 1.82) is 0 Å². The zero-order chi connectivity index (χ0) is 15.4. The zero-order valence-electron chi connectivity index (χ0n) is 12.5. The highest BCUT2D eigenvalue weighted by atomic mass is 35.5. The van der Waals surface area contributed by atoms with E-state index in [9.17, 15) is 4.79 Å². The van der Waals surface area contributed by atoms with Gasteiger partial charge in [-0.05, 0) is 37.9 Å². The molecule has 0 N–H and O–H groups in total. The van der Waals surface area contributed by atoms with Gasteiger partial charge in [-0.1, -0.05) is 30.1 Å². The summed E-state index contributed by atoms with van der Waals surface area (Å²) in [5.41, 5.74) is 0.499. The van der Waals surface area contributed by atoms with E-state index in [1.807, 2.05) is 11.9 Å². The number of aromatic nitrogens is 1. The molecule has 0 saturated carbocycles. The van der Waals surface area contributed by atoms with E-state index < -0.39 is 0 Å². The Morgan fingerprint density at radius 1 is 1.33 bits per heavy atom. The number of hydrogen-bond donors (Lipinski definition) is 0. The first-order chi connectivity index (χ1) is 10.0. The van der Waals surface area contributed by atoms with Gasteiger partial charge in [-0.3, -0.25) is 4.79 Å². The molecule has 1 amide bonds. The third kappa shape index (κ3) is 4.31. The molecule has 0 aliphatic carbocycles. The molecular weight excluding hydrogens is 309 g/mol. The number of rotatable bonds is 4. The number of nitrogens with zero attached hydrogens (tertiary/aromatic N) is 3. The Kier molecular flexibility index (Phi) is 5.85. The highest BCUT2D eigenvalue weighted by Crippen LogP contribution is 2.20. The Morgan fingerprint density at radius 2 is 1.90 bits per heavy atom. The molecule has 1 saturated heterocycles. The van der Waals surface area contributed by atoms with Crippen LogP contribution in [-0.2, 0) is 0 Å². The summed E-state index contributed by atoms with van der Waals surface area (Å²) in [4.78, 5) is 20.7. The molecule has 21 heavy (non-hydrogen) atoms. The normalized spacial score (nSPS) is 17.0. The molecular formula is C15H21Cl2N3O. The zero-order valence-corrected chi connectivity index (χ0v) is 14.0. The van der Waals surface area contributed by atoms with E-state index in [4.69, 9.17) is 23.2 Å². The summed E-state index contributed by atoms with van der Waals surface area (Å²) in [5, 5.41) is 0.494. The van der Waals surface area contributed by atoms with Crippen molar-refractivity contribution in [2.45, 2.75) is 32.2 Å². The number of likely N-dealkylation sites (tertiary alicyclic amines) is 1. The molecule has 116 valence electrons. The highest BCUT2D eigenvalue weighted by molar-refractivity contribution is 6.33. The standard InChI is InChI=1S/C15H21Cl2N3O/c1-3-6-20-7-4-12(5-8-20)19(2)15(21)11-9-13(16)18-14(17)10-11/h9-10,12H,3-8H2,1-2H3. The van der Waals surface area contributed by atoms with Crippen LogP contribution < -0.4 is 0 Å². The van der Waals surface area contributed by atoms with E-state index in [0.29, 0.717) is 5.56 Å². The second kappa shape index (κ2) is 7.43. The second-order valence-corrected chi connectivity index (χ2v) is 6.26. The predicted octanol–water partition coefficient (Wildman–Crippen LogP) is 3.33. The van der Waals surface area contributed by atoms with E-state index >= 15 is 0 Å². The monoisotopic (exact) mass is 329 g/mol. The summed E-state index contributed by atoms with van der Waals surface area (Å²) in [7, 11) is 1.85. The van der Waals surface area contributed by atoms with E-state index in [-0.39, 0.29) is 22.3 Å². The molecule has 0 bridgehead atoms. The van der Waals surface area contributed by atoms with Gasteiger partial charge in [0.2, 0.25) is 0 Å². The van der Waals surface area contributed by atoms with Crippen LogP contribution in [0.15, 0.2) is 12.1 Å². The van der Waals surface area contributed by atoms with Gasteiger partial charge in [0.1, 0.15) is 10.3 Å². The molecule has 0 unspecified atom stereocenters. The third-order valence-electron chi connectivity index (χ3n) is 3.97. The van der Waals surface area contributed by atoms with Crippen LogP contribution in [0, 0.1) is 0 Å². The molecule has 0 spiro atoms. The van der Waals surface area contributed by atoms with Gasteiger partial charge in [-0.25, -0.2) is 4.98 Å². The molecule has 4 nitrogen and oxygen atoms in total. The number of pyridine rings is 1. The number of halogens is 2. The van der Waals surface area contributed by atoms with Crippen LogP contribution in [0.2, 0.25) is 10.3 Å². The Morgan fingerprint density at radius 3 is 2.43 bits per heavy atom. The minimum atomic E-state index is -0.0462. The quantitative estimate of drug-likeness (QED) is 0.795. The Hall–Kier alpha value is -0.840. The van der Waals surface area contributed by atoms with Gasteiger partial charge in [0.05, 0.1) is 0 Å². The lowest BCUT2D eigenvalue weighted by molar-refractivity contribution is 0.0642. The number of carbonyl (C=O) groups excluding carboxylic acids is 1. The van der Waals surface area contributed by atoms with Crippen LogP contribution in [0.5, 0.6) is 0 Å². The average molecular weight is 330 g/mol. The van der Waals surface area contributed by atoms with Gasteiger partial charge in [-0.15, -0.1) is 0 Å². The number of hydrogen-bond acceptors (Lipinski definition) is 3. The fourth-order valence-electron chi connectivity index (χ4n) is 2.80. The molecule has 6 heteroatoms. The fourth-order valence-corrected chi connectivity index (χ4v) is 3.26. The lowest BCUT2D eigenvalue weighted by atomic mass is 10.0. The van der Waals surface area contributed by atoms with Gasteiger partial charge >= 0.3 is 0 Å². The van der Waals surface area contributed by atoms with Crippen molar-refractivity contribution in [3.8, 4) is 0 Å². The molecule has 2 rings (SSSR count). The number of amides is 1. The fraction of sp³-hybridized carbons (Fsp3) is 0.600. The first-order valence-corrected chi connectivity index (χ1v) is 8.09. The van der Waals surface area contributed by atoms with Gasteiger partial charge in [0.25, 0.3) is 5.91 Å². The maximum atomic E-state index is 12.5. The van der Waals surface area contributed by atoms with Crippen LogP contribution in [0.1, 0.15) is 36.5 Å². The third-order valence-corrected chi connectivity index (χ3v) is 4.36. The summed E-state index contributed by atoms with van der Waals surface area (Å²) >= 11 is 11.7. The van der Waals surface area contributed by atoms with Crippen LogP contribution >= 0.6 is 23.2 Å². The van der Waals surface area contributed by atoms with Crippen LogP contribution in [-0.4, -0.2) is 53.4 Å². The van der Waals surface area contributed by atoms with Crippen molar-refractivity contribution in [2.75, 3.05) is 26.7 Å². The first-order valence-electron chi connectivity index (χ1n) is 7.34. The van der Waals surface area contributed by atoms with Crippen LogP contribution in [0.4, 0.5) is 0 Å². The van der Waals surface area contributed by atoms with E-state index in [2.05, 4.69) is 16.8 Å². The smallest absolute Gasteiger partial charge is 0.254 e.